The van der Waals surface area contributed by atoms with Crippen LogP contribution >= 0.6 is 0 Å². The molecule has 0 saturated carbocycles. The van der Waals surface area contributed by atoms with Gasteiger partial charge in [0.15, 0.2) is 17.0 Å². The fourth-order valence-electron chi connectivity index (χ4n) is 4.86. The quantitative estimate of drug-likeness (QED) is 0.256. The molecule has 0 spiro atoms. The van der Waals surface area contributed by atoms with Gasteiger partial charge in [-0.15, -0.1) is 5.92 Å². The number of para-hydroxylation sites is 1. The van der Waals surface area contributed by atoms with Crippen LogP contribution < -0.4 is 27.6 Å². The van der Waals surface area contributed by atoms with Gasteiger partial charge in [-0.25, -0.2) is 14.8 Å². The fourth-order valence-corrected chi connectivity index (χ4v) is 4.86. The zero-order valence-electron chi connectivity index (χ0n) is 21.8. The molecule has 1 fully saturated rings. The van der Waals surface area contributed by atoms with Gasteiger partial charge >= 0.3 is 11.7 Å². The van der Waals surface area contributed by atoms with E-state index in [0.717, 1.165) is 22.0 Å². The zero-order chi connectivity index (χ0) is 27.7. The lowest BCUT2D eigenvalue weighted by Crippen LogP contribution is -2.44. The topological polar surface area (TPSA) is 169 Å². The van der Waals surface area contributed by atoms with Crippen molar-refractivity contribution in [3.8, 4) is 11.8 Å². The van der Waals surface area contributed by atoms with Crippen LogP contribution in [-0.4, -0.2) is 60.9 Å². The highest BCUT2D eigenvalue weighted by molar-refractivity contribution is 5.87. The molecule has 13 nitrogen and oxygen atoms in total. The number of nitrogen functional groups attached to an aromatic ring is 1. The molecule has 4 N–H and O–H groups in total. The van der Waals surface area contributed by atoms with E-state index in [4.69, 9.17) is 21.2 Å². The number of methoxy groups -OCH3 is 1. The molecule has 4 aromatic rings. The highest BCUT2D eigenvalue weighted by Gasteiger charge is 2.27. The summed E-state index contributed by atoms with van der Waals surface area (Å²) < 4.78 is 8.62. The number of nitrogens with two attached hydrogens (primary N) is 2. The number of anilines is 2. The zero-order valence-corrected chi connectivity index (χ0v) is 21.8. The van der Waals surface area contributed by atoms with E-state index in [2.05, 4.69) is 21.8 Å². The van der Waals surface area contributed by atoms with Crippen LogP contribution in [0.4, 0.5) is 11.8 Å². The highest BCUT2D eigenvalue weighted by Crippen LogP contribution is 2.23. The minimum Gasteiger partial charge on any atom is -0.468 e. The first-order valence-corrected chi connectivity index (χ1v) is 12.5. The van der Waals surface area contributed by atoms with Gasteiger partial charge in [0.2, 0.25) is 5.95 Å². The molecular weight excluding hydrogens is 502 g/mol. The predicted molar refractivity (Wildman–Crippen MR) is 146 cm³/mol. The third kappa shape index (κ3) is 4.82. The Balaban J connectivity index is 1.75. The Bertz CT molecular complexity index is 1760. The van der Waals surface area contributed by atoms with Crippen LogP contribution in [-0.2, 0) is 29.2 Å². The molecule has 1 aliphatic heterocycles. The van der Waals surface area contributed by atoms with E-state index in [9.17, 15) is 14.4 Å². The monoisotopic (exact) mass is 531 g/mol. The van der Waals surface area contributed by atoms with Gasteiger partial charge in [0, 0.05) is 24.5 Å². The van der Waals surface area contributed by atoms with Gasteiger partial charge in [0.1, 0.15) is 12.4 Å². The molecule has 13 heteroatoms. The number of imidazole rings is 1. The van der Waals surface area contributed by atoms with E-state index < -0.39 is 23.8 Å². The van der Waals surface area contributed by atoms with Gasteiger partial charge in [-0.2, -0.15) is 4.98 Å². The van der Waals surface area contributed by atoms with Crippen molar-refractivity contribution in [1.82, 2.24) is 28.7 Å². The molecule has 39 heavy (non-hydrogen) atoms. The maximum Gasteiger partial charge on any atom is 0.333 e. The smallest absolute Gasteiger partial charge is 0.333 e. The Morgan fingerprint density at radius 2 is 1.95 bits per heavy atom. The Morgan fingerprint density at radius 1 is 1.15 bits per heavy atom. The molecule has 1 aliphatic rings. The molecule has 5 rings (SSSR count). The Morgan fingerprint density at radius 3 is 2.69 bits per heavy atom. The summed E-state index contributed by atoms with van der Waals surface area (Å²) in [5, 5.41) is 0.660. The second-order valence-corrected chi connectivity index (χ2v) is 9.32. The number of piperidine rings is 1. The summed E-state index contributed by atoms with van der Waals surface area (Å²) in [7, 11) is 1.22. The SMILES string of the molecule is CC#CCn1c(N2CCCC(N)C2)nc2c1c(=O)n(Cc1nc(N)c3ccccc3n1)c(=O)n2CC(=O)OC. The van der Waals surface area contributed by atoms with Crippen LogP contribution in [0.15, 0.2) is 33.9 Å². The molecule has 0 amide bonds. The standard InChI is InChI=1S/C26H29N9O4/c1-3-4-12-33-21-23(31-25(33)32-11-7-8-16(27)13-32)34(15-20(36)39-2)26(38)35(24(21)37)14-19-29-18-10-6-5-9-17(18)22(28)30-19/h5-6,9-10,16H,7-8,11-15,27H2,1-2H3,(H2,28,29,30). The van der Waals surface area contributed by atoms with Crippen LogP contribution in [0.3, 0.4) is 0 Å². The number of hydrogen-bond donors (Lipinski definition) is 2. The largest absolute Gasteiger partial charge is 0.468 e. The number of carbonyl (C=O) groups is 1. The second kappa shape index (κ2) is 10.6. The number of benzene rings is 1. The highest BCUT2D eigenvalue weighted by atomic mass is 16.5. The molecule has 0 aliphatic carbocycles. The number of aromatic nitrogens is 6. The molecule has 1 unspecified atom stereocenters. The minimum atomic E-state index is -0.749. The molecule has 1 aromatic carbocycles. The van der Waals surface area contributed by atoms with E-state index in [1.807, 2.05) is 17.0 Å². The van der Waals surface area contributed by atoms with Crippen molar-refractivity contribution in [3.63, 3.8) is 0 Å². The molecule has 1 saturated heterocycles. The van der Waals surface area contributed by atoms with Crippen LogP contribution in [0, 0.1) is 11.8 Å². The van der Waals surface area contributed by atoms with Gasteiger partial charge in [-0.3, -0.25) is 23.3 Å². The molecule has 1 atom stereocenters. The lowest BCUT2D eigenvalue weighted by molar-refractivity contribution is -0.141. The average molecular weight is 532 g/mol. The number of esters is 1. The normalized spacial score (nSPS) is 15.4. The number of carbonyl (C=O) groups excluding carboxylic acids is 1. The van der Waals surface area contributed by atoms with Crippen molar-refractivity contribution >= 4 is 39.8 Å². The Labute approximate surface area is 223 Å². The van der Waals surface area contributed by atoms with Gasteiger partial charge in [0.05, 0.1) is 25.7 Å². The number of rotatable bonds is 6. The lowest BCUT2D eigenvalue weighted by atomic mass is 10.1. The van der Waals surface area contributed by atoms with E-state index in [0.29, 0.717) is 29.9 Å². The minimum absolute atomic E-state index is 0.0614. The maximum absolute atomic E-state index is 13.9. The number of nitrogens with zero attached hydrogens (tertiary/aromatic N) is 7. The van der Waals surface area contributed by atoms with E-state index in [1.54, 1.807) is 23.6 Å². The summed E-state index contributed by atoms with van der Waals surface area (Å²) >= 11 is 0. The summed E-state index contributed by atoms with van der Waals surface area (Å²) in [6.07, 6.45) is 1.73. The van der Waals surface area contributed by atoms with Crippen LogP contribution in [0.25, 0.3) is 22.1 Å². The van der Waals surface area contributed by atoms with Crippen LogP contribution in [0.2, 0.25) is 0 Å². The average Bonchev–Trinajstić information content (AvgIpc) is 3.31. The Hall–Kier alpha value is -4.70. The molecular formula is C26H29N9O4. The van der Waals surface area contributed by atoms with E-state index >= 15 is 0 Å². The summed E-state index contributed by atoms with van der Waals surface area (Å²) in [6.45, 7) is 2.35. The number of hydrogen-bond acceptors (Lipinski definition) is 10. The third-order valence-corrected chi connectivity index (χ3v) is 6.74. The molecule has 3 aromatic heterocycles. The summed E-state index contributed by atoms with van der Waals surface area (Å²) in [5.41, 5.74) is 11.8. The Kier molecular flexibility index (Phi) is 7.03. The third-order valence-electron chi connectivity index (χ3n) is 6.74. The number of fused-ring (bicyclic) bond motifs is 2. The first-order valence-electron chi connectivity index (χ1n) is 12.5. The first kappa shape index (κ1) is 25.9. The molecule has 0 radical (unpaired) electrons. The van der Waals surface area contributed by atoms with Crippen molar-refractivity contribution < 1.29 is 9.53 Å². The van der Waals surface area contributed by atoms with Crippen molar-refractivity contribution in [2.75, 3.05) is 30.8 Å². The van der Waals surface area contributed by atoms with Crippen molar-refractivity contribution in [1.29, 1.82) is 0 Å². The molecule has 202 valence electrons. The van der Waals surface area contributed by atoms with Gasteiger partial charge in [-0.1, -0.05) is 18.1 Å². The van der Waals surface area contributed by atoms with Gasteiger partial charge in [0.25, 0.3) is 5.56 Å². The van der Waals surface area contributed by atoms with Crippen molar-refractivity contribution in [2.45, 2.75) is 45.4 Å². The maximum atomic E-state index is 13.9. The van der Waals surface area contributed by atoms with E-state index in [1.165, 1.54) is 7.11 Å². The lowest BCUT2D eigenvalue weighted by Gasteiger charge is -2.31. The van der Waals surface area contributed by atoms with E-state index in [-0.39, 0.29) is 41.9 Å². The number of ether oxygens (including phenoxy) is 1. The van der Waals surface area contributed by atoms with Gasteiger partial charge < -0.3 is 21.1 Å². The predicted octanol–water partition coefficient (Wildman–Crippen LogP) is 0.0572. The van der Waals surface area contributed by atoms with Crippen molar-refractivity contribution in [2.24, 2.45) is 5.73 Å². The van der Waals surface area contributed by atoms with Crippen LogP contribution in [0.5, 0.6) is 0 Å². The van der Waals surface area contributed by atoms with Crippen molar-refractivity contribution in [3.05, 3.63) is 50.9 Å². The summed E-state index contributed by atoms with van der Waals surface area (Å²) in [5.74, 6) is 6.04. The molecule has 4 heterocycles. The fraction of sp³-hybridized carbons (Fsp3) is 0.385. The second-order valence-electron chi connectivity index (χ2n) is 9.32. The van der Waals surface area contributed by atoms with Gasteiger partial charge in [-0.05, 0) is 31.9 Å². The molecule has 0 bridgehead atoms. The summed E-state index contributed by atoms with van der Waals surface area (Å²) in [4.78, 5) is 55.5. The summed E-state index contributed by atoms with van der Waals surface area (Å²) in [6, 6.07) is 7.12. The first-order chi connectivity index (χ1) is 18.8. The van der Waals surface area contributed by atoms with Crippen LogP contribution in [0.1, 0.15) is 25.6 Å².